The van der Waals surface area contributed by atoms with E-state index in [0.717, 1.165) is 21.2 Å². The van der Waals surface area contributed by atoms with Crippen molar-refractivity contribution in [3.63, 3.8) is 0 Å². The predicted molar refractivity (Wildman–Crippen MR) is 83.3 cm³/mol. The molecule has 1 aromatic carbocycles. The molecule has 2 rings (SSSR count). The van der Waals surface area contributed by atoms with Crippen LogP contribution in [0.15, 0.2) is 18.3 Å². The maximum atomic E-state index is 10.6. The van der Waals surface area contributed by atoms with E-state index in [1.54, 1.807) is 6.20 Å². The predicted octanol–water partition coefficient (Wildman–Crippen LogP) is 3.32. The van der Waals surface area contributed by atoms with Gasteiger partial charge in [0.2, 0.25) is 0 Å². The van der Waals surface area contributed by atoms with E-state index in [1.807, 2.05) is 6.07 Å². The van der Waals surface area contributed by atoms with E-state index in [1.165, 1.54) is 22.5 Å². The van der Waals surface area contributed by atoms with Crippen molar-refractivity contribution in [3.05, 3.63) is 44.9 Å². The molecule has 0 bridgehead atoms. The van der Waals surface area contributed by atoms with Gasteiger partial charge in [-0.3, -0.25) is 4.79 Å². The second kappa shape index (κ2) is 6.72. The summed E-state index contributed by atoms with van der Waals surface area (Å²) in [6.45, 7) is 6.73. The van der Waals surface area contributed by atoms with Gasteiger partial charge in [-0.05, 0) is 43.5 Å². The average Bonchev–Trinajstić information content (AvgIpc) is 2.81. The number of carbonyl (C=O) groups is 1. The van der Waals surface area contributed by atoms with E-state index in [9.17, 15) is 4.79 Å². The molecule has 0 atom stereocenters. The molecule has 0 amide bonds. The summed E-state index contributed by atoms with van der Waals surface area (Å²) in [6.07, 6.45) is 2.36. The lowest BCUT2D eigenvalue weighted by atomic mass is 10.1. The number of carboxylic acids is 1. The molecule has 0 radical (unpaired) electrons. The van der Waals surface area contributed by atoms with Crippen LogP contribution >= 0.6 is 11.3 Å². The molecule has 1 heterocycles. The first-order valence-electron chi connectivity index (χ1n) is 6.81. The highest BCUT2D eigenvalue weighted by atomic mass is 32.1. The molecule has 0 saturated carbocycles. The Kier molecular flexibility index (Phi) is 4.96. The summed E-state index contributed by atoms with van der Waals surface area (Å²) in [6, 6.07) is 4.18. The second-order valence-corrected chi connectivity index (χ2v) is 6.29. The number of aromatic nitrogens is 1. The van der Waals surface area contributed by atoms with Gasteiger partial charge in [-0.15, -0.1) is 11.3 Å². The molecule has 0 aliphatic rings. The second-order valence-electron chi connectivity index (χ2n) is 5.09. The van der Waals surface area contributed by atoms with Crippen LogP contribution in [0.3, 0.4) is 0 Å². The van der Waals surface area contributed by atoms with Crippen molar-refractivity contribution in [3.8, 4) is 5.75 Å². The molecule has 0 aliphatic heterocycles. The first-order chi connectivity index (χ1) is 9.95. The van der Waals surface area contributed by atoms with Gasteiger partial charge in [0.1, 0.15) is 5.75 Å². The van der Waals surface area contributed by atoms with E-state index in [4.69, 9.17) is 9.84 Å². The van der Waals surface area contributed by atoms with E-state index in [-0.39, 0.29) is 6.42 Å². The zero-order valence-electron chi connectivity index (χ0n) is 12.5. The number of hydrogen-bond acceptors (Lipinski definition) is 4. The van der Waals surface area contributed by atoms with Crippen molar-refractivity contribution in [1.82, 2.24) is 4.98 Å². The molecule has 5 heteroatoms. The number of hydrogen-bond donors (Lipinski definition) is 1. The zero-order chi connectivity index (χ0) is 15.4. The van der Waals surface area contributed by atoms with Gasteiger partial charge in [-0.1, -0.05) is 6.07 Å². The van der Waals surface area contributed by atoms with E-state index in [0.29, 0.717) is 13.0 Å². The zero-order valence-corrected chi connectivity index (χ0v) is 13.3. The molecule has 1 N–H and O–H groups in total. The third kappa shape index (κ3) is 4.29. The first-order valence-corrected chi connectivity index (χ1v) is 7.63. The molecular formula is C16H19NO3S. The third-order valence-electron chi connectivity index (χ3n) is 3.26. The highest BCUT2D eigenvalue weighted by Gasteiger charge is 2.08. The molecular weight excluding hydrogens is 286 g/mol. The van der Waals surface area contributed by atoms with Crippen LogP contribution in [0.5, 0.6) is 5.75 Å². The number of ether oxygens (including phenoxy) is 1. The fourth-order valence-electron chi connectivity index (χ4n) is 2.09. The fraction of sp³-hybridized carbons (Fsp3) is 0.375. The van der Waals surface area contributed by atoms with Crippen molar-refractivity contribution < 1.29 is 14.6 Å². The molecule has 1 aromatic heterocycles. The molecule has 112 valence electrons. The van der Waals surface area contributed by atoms with Gasteiger partial charge in [0, 0.05) is 17.5 Å². The van der Waals surface area contributed by atoms with Crippen LogP contribution in [-0.4, -0.2) is 22.7 Å². The summed E-state index contributed by atoms with van der Waals surface area (Å²) in [5.41, 5.74) is 3.57. The molecule has 4 nitrogen and oxygen atoms in total. The van der Waals surface area contributed by atoms with Gasteiger partial charge in [-0.25, -0.2) is 4.98 Å². The van der Waals surface area contributed by atoms with Crippen molar-refractivity contribution in [2.75, 3.05) is 6.61 Å². The maximum Gasteiger partial charge on any atom is 0.308 e. The van der Waals surface area contributed by atoms with Crippen molar-refractivity contribution in [1.29, 1.82) is 0 Å². The normalized spacial score (nSPS) is 10.6. The summed E-state index contributed by atoms with van der Waals surface area (Å²) in [7, 11) is 0. The Labute approximate surface area is 128 Å². The Morgan fingerprint density at radius 3 is 2.81 bits per heavy atom. The summed E-state index contributed by atoms with van der Waals surface area (Å²) < 4.78 is 5.84. The molecule has 0 spiro atoms. The topological polar surface area (TPSA) is 59.4 Å². The Hall–Kier alpha value is -1.88. The largest absolute Gasteiger partial charge is 0.493 e. The van der Waals surface area contributed by atoms with Crippen LogP contribution in [-0.2, 0) is 17.6 Å². The minimum atomic E-state index is -0.827. The Morgan fingerprint density at radius 2 is 2.10 bits per heavy atom. The minimum absolute atomic E-state index is 0.0364. The van der Waals surface area contributed by atoms with Crippen LogP contribution in [0.25, 0.3) is 0 Å². The lowest BCUT2D eigenvalue weighted by molar-refractivity contribution is -0.136. The number of rotatable bonds is 6. The standard InChI is InChI=1S/C16H19NO3S/c1-10-6-11(2)12(3)14(7-10)20-5-4-15-17-9-13(21-15)8-16(18)19/h6-7,9H,4-5,8H2,1-3H3,(H,18,19). The van der Waals surface area contributed by atoms with Crippen molar-refractivity contribution in [2.24, 2.45) is 0 Å². The van der Waals surface area contributed by atoms with E-state index >= 15 is 0 Å². The maximum absolute atomic E-state index is 10.6. The van der Waals surface area contributed by atoms with E-state index in [2.05, 4.69) is 31.8 Å². The van der Waals surface area contributed by atoms with Gasteiger partial charge in [-0.2, -0.15) is 0 Å². The number of carboxylic acid groups (broad SMARTS) is 1. The molecule has 0 unspecified atom stereocenters. The monoisotopic (exact) mass is 305 g/mol. The highest BCUT2D eigenvalue weighted by molar-refractivity contribution is 7.11. The lowest BCUT2D eigenvalue weighted by Gasteiger charge is -2.11. The number of aliphatic carboxylic acids is 1. The molecule has 21 heavy (non-hydrogen) atoms. The summed E-state index contributed by atoms with van der Waals surface area (Å²) >= 11 is 1.43. The van der Waals surface area contributed by atoms with Gasteiger partial charge in [0.05, 0.1) is 18.0 Å². The van der Waals surface area contributed by atoms with Gasteiger partial charge in [0.25, 0.3) is 0 Å². The summed E-state index contributed by atoms with van der Waals surface area (Å²) in [5, 5.41) is 9.65. The summed E-state index contributed by atoms with van der Waals surface area (Å²) in [4.78, 5) is 15.6. The van der Waals surface area contributed by atoms with Crippen LogP contribution in [0, 0.1) is 20.8 Å². The number of aryl methyl sites for hydroxylation is 2. The SMILES string of the molecule is Cc1cc(C)c(C)c(OCCc2ncc(CC(=O)O)s2)c1. The minimum Gasteiger partial charge on any atom is -0.493 e. The fourth-order valence-corrected chi connectivity index (χ4v) is 2.99. The van der Waals surface area contributed by atoms with Crippen LogP contribution in [0.2, 0.25) is 0 Å². The van der Waals surface area contributed by atoms with E-state index < -0.39 is 5.97 Å². The molecule has 0 fully saturated rings. The Bertz CT molecular complexity index is 649. The first kappa shape index (κ1) is 15.5. The van der Waals surface area contributed by atoms with Gasteiger partial charge < -0.3 is 9.84 Å². The smallest absolute Gasteiger partial charge is 0.308 e. The quantitative estimate of drug-likeness (QED) is 0.889. The number of nitrogens with zero attached hydrogens (tertiary/aromatic N) is 1. The molecule has 0 saturated heterocycles. The average molecular weight is 305 g/mol. The van der Waals surface area contributed by atoms with Crippen LogP contribution in [0.1, 0.15) is 26.6 Å². The third-order valence-corrected chi connectivity index (χ3v) is 4.32. The molecule has 2 aromatic rings. The highest BCUT2D eigenvalue weighted by Crippen LogP contribution is 2.23. The van der Waals surface area contributed by atoms with Gasteiger partial charge in [0.15, 0.2) is 0 Å². The van der Waals surface area contributed by atoms with Gasteiger partial charge >= 0.3 is 5.97 Å². The molecule has 0 aliphatic carbocycles. The summed E-state index contributed by atoms with van der Waals surface area (Å²) in [5.74, 6) is 0.0853. The number of thiazole rings is 1. The van der Waals surface area contributed by atoms with Crippen molar-refractivity contribution >= 4 is 17.3 Å². The Morgan fingerprint density at radius 1 is 1.33 bits per heavy atom. The van der Waals surface area contributed by atoms with Crippen molar-refractivity contribution in [2.45, 2.75) is 33.6 Å². The Balaban J connectivity index is 1.92. The van der Waals surface area contributed by atoms with Crippen LogP contribution < -0.4 is 4.74 Å². The lowest BCUT2D eigenvalue weighted by Crippen LogP contribution is -2.03. The number of benzene rings is 1. The van der Waals surface area contributed by atoms with Crippen LogP contribution in [0.4, 0.5) is 0 Å².